The highest BCUT2D eigenvalue weighted by molar-refractivity contribution is 6.37. The fraction of sp³-hybridized carbons (Fsp3) is 0. The molecular formula is C11H5Cl3N2O2. The van der Waals surface area contributed by atoms with Crippen LogP contribution < -0.4 is 0 Å². The van der Waals surface area contributed by atoms with Gasteiger partial charge in [0.05, 0.1) is 4.92 Å². The summed E-state index contributed by atoms with van der Waals surface area (Å²) in [4.78, 5) is 13.9. The van der Waals surface area contributed by atoms with Crippen LogP contribution >= 0.6 is 34.8 Å². The Morgan fingerprint density at radius 2 is 1.83 bits per heavy atom. The molecule has 0 unspecified atom stereocenters. The van der Waals surface area contributed by atoms with Gasteiger partial charge in [0.2, 0.25) is 0 Å². The minimum absolute atomic E-state index is 0.129. The van der Waals surface area contributed by atoms with E-state index in [0.717, 1.165) is 6.20 Å². The Balaban J connectivity index is 2.66. The number of hydrogen-bond acceptors (Lipinski definition) is 3. The van der Waals surface area contributed by atoms with Crippen LogP contribution in [0.1, 0.15) is 0 Å². The predicted molar refractivity (Wildman–Crippen MR) is 71.4 cm³/mol. The molecule has 0 aliphatic heterocycles. The number of rotatable bonds is 2. The van der Waals surface area contributed by atoms with Crippen LogP contribution in [0, 0.1) is 10.1 Å². The van der Waals surface area contributed by atoms with Crippen LogP contribution in [0.4, 0.5) is 5.69 Å². The highest BCUT2D eigenvalue weighted by Crippen LogP contribution is 2.35. The zero-order valence-electron chi connectivity index (χ0n) is 8.73. The molecule has 2 rings (SSSR count). The lowest BCUT2D eigenvalue weighted by Gasteiger charge is -2.06. The molecule has 1 aromatic heterocycles. The van der Waals surface area contributed by atoms with E-state index in [9.17, 15) is 10.1 Å². The number of aromatic nitrogens is 1. The summed E-state index contributed by atoms with van der Waals surface area (Å²) in [6, 6.07) is 6.10. The lowest BCUT2D eigenvalue weighted by molar-refractivity contribution is -0.385. The average molecular weight is 304 g/mol. The van der Waals surface area contributed by atoms with Gasteiger partial charge in [-0.3, -0.25) is 10.1 Å². The van der Waals surface area contributed by atoms with Gasteiger partial charge in [0.25, 0.3) is 5.69 Å². The van der Waals surface area contributed by atoms with Gasteiger partial charge in [0, 0.05) is 27.2 Å². The molecular weight excluding hydrogens is 298 g/mol. The summed E-state index contributed by atoms with van der Waals surface area (Å²) in [7, 11) is 0. The van der Waals surface area contributed by atoms with Crippen molar-refractivity contribution in [3.63, 3.8) is 0 Å². The van der Waals surface area contributed by atoms with Gasteiger partial charge >= 0.3 is 0 Å². The van der Waals surface area contributed by atoms with Gasteiger partial charge in [-0.2, -0.15) is 0 Å². The first kappa shape index (κ1) is 13.1. The summed E-state index contributed by atoms with van der Waals surface area (Å²) in [5.74, 6) is 0. The summed E-state index contributed by atoms with van der Waals surface area (Å²) in [5.41, 5.74) is 0.717. The Morgan fingerprint density at radius 3 is 2.50 bits per heavy atom. The van der Waals surface area contributed by atoms with E-state index in [1.807, 2.05) is 0 Å². The second kappa shape index (κ2) is 5.10. The molecule has 0 radical (unpaired) electrons. The maximum Gasteiger partial charge on any atom is 0.288 e. The number of halogens is 3. The van der Waals surface area contributed by atoms with E-state index in [1.165, 1.54) is 6.07 Å². The molecule has 2 aromatic rings. The highest BCUT2D eigenvalue weighted by atomic mass is 35.5. The number of benzene rings is 1. The fourth-order valence-electron chi connectivity index (χ4n) is 1.43. The van der Waals surface area contributed by atoms with Gasteiger partial charge in [0.1, 0.15) is 11.3 Å². The molecule has 0 atom stereocenters. The molecule has 0 aliphatic carbocycles. The summed E-state index contributed by atoms with van der Waals surface area (Å²) in [5, 5.41) is 11.7. The highest BCUT2D eigenvalue weighted by Gasteiger charge is 2.15. The zero-order valence-corrected chi connectivity index (χ0v) is 11.0. The number of nitrogens with zero attached hydrogens (tertiary/aromatic N) is 2. The van der Waals surface area contributed by atoms with Crippen molar-refractivity contribution in [2.75, 3.05) is 0 Å². The second-order valence-electron chi connectivity index (χ2n) is 3.41. The molecule has 0 spiro atoms. The summed E-state index contributed by atoms with van der Waals surface area (Å²) < 4.78 is 0. The first-order chi connectivity index (χ1) is 8.49. The zero-order chi connectivity index (χ0) is 13.3. The molecule has 7 heteroatoms. The molecule has 92 valence electrons. The SMILES string of the molecule is O=[N+]([O-])c1cnc(Cl)c(-c2cc(Cl)ccc2Cl)c1. The molecule has 0 bridgehead atoms. The Bertz CT molecular complexity index is 632. The first-order valence-corrected chi connectivity index (χ1v) is 5.88. The van der Waals surface area contributed by atoms with Gasteiger partial charge in [-0.1, -0.05) is 34.8 Å². The third kappa shape index (κ3) is 2.56. The standard InChI is InChI=1S/C11H5Cl3N2O2/c12-6-1-2-10(13)8(3-6)9-4-7(16(17)18)5-15-11(9)14/h1-5H. The maximum atomic E-state index is 10.7. The molecule has 0 fully saturated rings. The Hall–Kier alpha value is -1.36. The van der Waals surface area contributed by atoms with Gasteiger partial charge in [-0.15, -0.1) is 0 Å². The number of nitro groups is 1. The second-order valence-corrected chi connectivity index (χ2v) is 4.61. The third-order valence-electron chi connectivity index (χ3n) is 2.25. The van der Waals surface area contributed by atoms with Crippen molar-refractivity contribution in [1.29, 1.82) is 0 Å². The van der Waals surface area contributed by atoms with Crippen LogP contribution in [0.25, 0.3) is 11.1 Å². The van der Waals surface area contributed by atoms with E-state index < -0.39 is 4.92 Å². The lowest BCUT2D eigenvalue weighted by Crippen LogP contribution is -1.92. The van der Waals surface area contributed by atoms with Crippen molar-refractivity contribution in [3.8, 4) is 11.1 Å². The van der Waals surface area contributed by atoms with E-state index in [1.54, 1.807) is 18.2 Å². The fourth-order valence-corrected chi connectivity index (χ4v) is 2.03. The van der Waals surface area contributed by atoms with Crippen LogP contribution in [-0.4, -0.2) is 9.91 Å². The minimum atomic E-state index is -0.550. The third-order valence-corrected chi connectivity index (χ3v) is 3.12. The van der Waals surface area contributed by atoms with Crippen LogP contribution in [-0.2, 0) is 0 Å². The minimum Gasteiger partial charge on any atom is -0.258 e. The molecule has 0 saturated heterocycles. The Labute approximate surface area is 117 Å². The van der Waals surface area contributed by atoms with E-state index in [4.69, 9.17) is 34.8 Å². The van der Waals surface area contributed by atoms with Crippen LogP contribution in [0.3, 0.4) is 0 Å². The van der Waals surface area contributed by atoms with Gasteiger partial charge in [0.15, 0.2) is 0 Å². The Kier molecular flexibility index (Phi) is 3.71. The molecule has 1 aromatic carbocycles. The summed E-state index contributed by atoms with van der Waals surface area (Å²) in [6.07, 6.45) is 1.09. The maximum absolute atomic E-state index is 10.7. The lowest BCUT2D eigenvalue weighted by atomic mass is 10.1. The van der Waals surface area contributed by atoms with Crippen molar-refractivity contribution in [1.82, 2.24) is 4.98 Å². The quantitative estimate of drug-likeness (QED) is 0.462. The van der Waals surface area contributed by atoms with Crippen molar-refractivity contribution in [2.45, 2.75) is 0 Å². The average Bonchev–Trinajstić information content (AvgIpc) is 2.33. The first-order valence-electron chi connectivity index (χ1n) is 4.74. The monoisotopic (exact) mass is 302 g/mol. The molecule has 4 nitrogen and oxygen atoms in total. The van der Waals surface area contributed by atoms with E-state index in [0.29, 0.717) is 21.2 Å². The van der Waals surface area contributed by atoms with Crippen molar-refractivity contribution >= 4 is 40.5 Å². The van der Waals surface area contributed by atoms with Crippen molar-refractivity contribution < 1.29 is 4.92 Å². The van der Waals surface area contributed by atoms with E-state index in [2.05, 4.69) is 4.98 Å². The summed E-state index contributed by atoms with van der Waals surface area (Å²) >= 11 is 17.8. The van der Waals surface area contributed by atoms with Crippen LogP contribution in [0.15, 0.2) is 30.5 Å². The largest absolute Gasteiger partial charge is 0.288 e. The van der Waals surface area contributed by atoms with Gasteiger partial charge < -0.3 is 0 Å². The topological polar surface area (TPSA) is 56.0 Å². The van der Waals surface area contributed by atoms with Crippen LogP contribution in [0.5, 0.6) is 0 Å². The number of pyridine rings is 1. The van der Waals surface area contributed by atoms with E-state index >= 15 is 0 Å². The van der Waals surface area contributed by atoms with Gasteiger partial charge in [-0.25, -0.2) is 4.98 Å². The molecule has 0 amide bonds. The molecule has 0 aliphatic rings. The smallest absolute Gasteiger partial charge is 0.258 e. The normalized spacial score (nSPS) is 10.4. The molecule has 0 saturated carbocycles. The number of hydrogen-bond donors (Lipinski definition) is 0. The van der Waals surface area contributed by atoms with Crippen molar-refractivity contribution in [3.05, 3.63) is 55.8 Å². The Morgan fingerprint density at radius 1 is 1.11 bits per heavy atom. The van der Waals surface area contributed by atoms with E-state index in [-0.39, 0.29) is 10.8 Å². The summed E-state index contributed by atoms with van der Waals surface area (Å²) in [6.45, 7) is 0. The molecule has 1 heterocycles. The molecule has 18 heavy (non-hydrogen) atoms. The van der Waals surface area contributed by atoms with Gasteiger partial charge in [-0.05, 0) is 18.2 Å². The predicted octanol–water partition coefficient (Wildman–Crippen LogP) is 4.62. The van der Waals surface area contributed by atoms with Crippen molar-refractivity contribution in [2.24, 2.45) is 0 Å². The molecule has 0 N–H and O–H groups in total. The van der Waals surface area contributed by atoms with Crippen LogP contribution in [0.2, 0.25) is 15.2 Å².